The molecule has 8 heteroatoms. The van der Waals surface area contributed by atoms with E-state index in [0.29, 0.717) is 24.6 Å². The lowest BCUT2D eigenvalue weighted by Crippen LogP contribution is -2.37. The van der Waals surface area contributed by atoms with Crippen molar-refractivity contribution in [3.05, 3.63) is 48.0 Å². The van der Waals surface area contributed by atoms with E-state index in [-0.39, 0.29) is 18.4 Å². The van der Waals surface area contributed by atoms with Gasteiger partial charge in [0.15, 0.2) is 0 Å². The number of piperidine rings is 1. The second-order valence-corrected chi connectivity index (χ2v) is 6.30. The summed E-state index contributed by atoms with van der Waals surface area (Å²) in [4.78, 5) is 27.9. The Bertz CT molecular complexity index is 724. The van der Waals surface area contributed by atoms with Crippen LogP contribution in [0.1, 0.15) is 34.8 Å². The summed E-state index contributed by atoms with van der Waals surface area (Å²) in [5.74, 6) is 0.0821. The van der Waals surface area contributed by atoms with Gasteiger partial charge in [-0.05, 0) is 37.6 Å². The highest BCUT2D eigenvalue weighted by Crippen LogP contribution is 2.22. The molecule has 2 aromatic rings. The number of nitrogens with one attached hydrogen (secondary N) is 3. The van der Waals surface area contributed by atoms with Crippen LogP contribution in [0.25, 0.3) is 0 Å². The first-order chi connectivity index (χ1) is 12.7. The average molecular weight is 356 g/mol. The van der Waals surface area contributed by atoms with Crippen LogP contribution in [0.5, 0.6) is 0 Å². The molecule has 0 unspecified atom stereocenters. The summed E-state index contributed by atoms with van der Waals surface area (Å²) in [5.41, 5.74) is 1.60. The highest BCUT2D eigenvalue weighted by molar-refractivity contribution is 5.93. The number of carbonyl (C=O) groups excluding carboxylic acids is 2. The summed E-state index contributed by atoms with van der Waals surface area (Å²) in [5, 5.41) is 13.2. The van der Waals surface area contributed by atoms with Crippen LogP contribution in [0, 0.1) is 0 Å². The van der Waals surface area contributed by atoms with Gasteiger partial charge in [0.1, 0.15) is 6.54 Å². The third-order valence-corrected chi connectivity index (χ3v) is 4.41. The fraction of sp³-hybridized carbons (Fsp3) is 0.444. The van der Waals surface area contributed by atoms with Gasteiger partial charge in [-0.2, -0.15) is 5.10 Å². The van der Waals surface area contributed by atoms with E-state index in [4.69, 9.17) is 0 Å². The number of hydrogen-bond donors (Lipinski definition) is 3. The molecule has 1 aliphatic rings. The van der Waals surface area contributed by atoms with Crippen LogP contribution in [0.3, 0.4) is 0 Å². The molecule has 3 N–H and O–H groups in total. The lowest BCUT2D eigenvalue weighted by Gasteiger charge is -2.23. The zero-order valence-corrected chi connectivity index (χ0v) is 14.6. The minimum Gasteiger partial charge on any atom is -0.353 e. The Morgan fingerprint density at radius 2 is 2.12 bits per heavy atom. The van der Waals surface area contributed by atoms with Gasteiger partial charge in [-0.3, -0.25) is 19.3 Å². The van der Waals surface area contributed by atoms with Crippen LogP contribution in [0.4, 0.5) is 0 Å². The number of nitrogens with zero attached hydrogens (tertiary/aromatic N) is 3. The predicted octanol–water partition coefficient (Wildman–Crippen LogP) is 0.291. The fourth-order valence-electron chi connectivity index (χ4n) is 3.10. The minimum absolute atomic E-state index is 0.116. The molecular formula is C18H24N6O2. The van der Waals surface area contributed by atoms with Crippen molar-refractivity contribution in [2.24, 2.45) is 0 Å². The zero-order chi connectivity index (χ0) is 18.2. The SMILES string of the molecule is O=C(Cn1nccc1[C@@H]1CCCNC1)NCCNC(=O)c1cccnc1. The number of carbonyl (C=O) groups is 2. The molecule has 2 amide bonds. The van der Waals surface area contributed by atoms with E-state index in [9.17, 15) is 9.59 Å². The van der Waals surface area contributed by atoms with Crippen molar-refractivity contribution in [1.29, 1.82) is 0 Å². The van der Waals surface area contributed by atoms with Crippen molar-refractivity contribution in [3.63, 3.8) is 0 Å². The summed E-state index contributed by atoms with van der Waals surface area (Å²) in [6.45, 7) is 2.89. The molecule has 3 rings (SSSR count). The van der Waals surface area contributed by atoms with Crippen molar-refractivity contribution >= 4 is 11.8 Å². The minimum atomic E-state index is -0.202. The molecule has 0 aliphatic carbocycles. The van der Waals surface area contributed by atoms with Gasteiger partial charge in [-0.1, -0.05) is 0 Å². The van der Waals surface area contributed by atoms with Crippen molar-refractivity contribution < 1.29 is 9.59 Å². The van der Waals surface area contributed by atoms with Gasteiger partial charge in [0.2, 0.25) is 5.91 Å². The van der Waals surface area contributed by atoms with Crippen LogP contribution < -0.4 is 16.0 Å². The topological polar surface area (TPSA) is 101 Å². The van der Waals surface area contributed by atoms with Crippen LogP contribution in [0.2, 0.25) is 0 Å². The maximum atomic E-state index is 12.1. The molecule has 8 nitrogen and oxygen atoms in total. The number of aromatic nitrogens is 3. The van der Waals surface area contributed by atoms with Gasteiger partial charge in [-0.25, -0.2) is 0 Å². The molecule has 0 bridgehead atoms. The molecule has 0 aromatic carbocycles. The monoisotopic (exact) mass is 356 g/mol. The van der Waals surface area contributed by atoms with Crippen molar-refractivity contribution in [1.82, 2.24) is 30.7 Å². The molecule has 0 saturated carbocycles. The molecule has 1 fully saturated rings. The second kappa shape index (κ2) is 9.10. The Morgan fingerprint density at radius 1 is 1.23 bits per heavy atom. The third-order valence-electron chi connectivity index (χ3n) is 4.41. The van der Waals surface area contributed by atoms with E-state index >= 15 is 0 Å². The fourth-order valence-corrected chi connectivity index (χ4v) is 3.10. The second-order valence-electron chi connectivity index (χ2n) is 6.30. The van der Waals surface area contributed by atoms with Crippen molar-refractivity contribution in [3.8, 4) is 0 Å². The summed E-state index contributed by atoms with van der Waals surface area (Å²) in [6, 6.07) is 5.39. The van der Waals surface area contributed by atoms with Crippen LogP contribution >= 0.6 is 0 Å². The highest BCUT2D eigenvalue weighted by atomic mass is 16.2. The predicted molar refractivity (Wildman–Crippen MR) is 96.7 cm³/mol. The summed E-state index contributed by atoms with van der Waals surface area (Å²) in [6.07, 6.45) is 7.11. The molecule has 1 atom stereocenters. The molecule has 1 aliphatic heterocycles. The average Bonchev–Trinajstić information content (AvgIpc) is 3.14. The maximum Gasteiger partial charge on any atom is 0.252 e. The van der Waals surface area contributed by atoms with Crippen molar-refractivity contribution in [2.75, 3.05) is 26.2 Å². The number of rotatable bonds is 7. The molecule has 2 aromatic heterocycles. The third kappa shape index (κ3) is 4.89. The Labute approximate surface area is 152 Å². The number of hydrogen-bond acceptors (Lipinski definition) is 5. The highest BCUT2D eigenvalue weighted by Gasteiger charge is 2.19. The first kappa shape index (κ1) is 18.1. The van der Waals surface area contributed by atoms with E-state index in [1.54, 1.807) is 29.2 Å². The first-order valence-electron chi connectivity index (χ1n) is 8.91. The zero-order valence-electron chi connectivity index (χ0n) is 14.6. The lowest BCUT2D eigenvalue weighted by molar-refractivity contribution is -0.121. The van der Waals surface area contributed by atoms with E-state index in [0.717, 1.165) is 31.6 Å². The largest absolute Gasteiger partial charge is 0.353 e. The van der Waals surface area contributed by atoms with Gasteiger partial charge >= 0.3 is 0 Å². The van der Waals surface area contributed by atoms with Gasteiger partial charge < -0.3 is 16.0 Å². The lowest BCUT2D eigenvalue weighted by atomic mass is 9.96. The molecule has 138 valence electrons. The molecule has 1 saturated heterocycles. The Hall–Kier alpha value is -2.74. The van der Waals surface area contributed by atoms with E-state index < -0.39 is 0 Å². The molecule has 0 radical (unpaired) electrons. The van der Waals surface area contributed by atoms with Gasteiger partial charge in [-0.15, -0.1) is 0 Å². The first-order valence-corrected chi connectivity index (χ1v) is 8.91. The number of amides is 2. The summed E-state index contributed by atoms with van der Waals surface area (Å²) in [7, 11) is 0. The standard InChI is InChI=1S/C18H24N6O2/c25-17(21-9-10-22-18(26)15-4-2-7-20-12-15)13-24-16(5-8-23-24)14-3-1-6-19-11-14/h2,4-5,7-8,12,14,19H,1,3,6,9-11,13H2,(H,21,25)(H,22,26)/t14-/m1/s1. The van der Waals surface area contributed by atoms with Crippen molar-refractivity contribution in [2.45, 2.75) is 25.3 Å². The summed E-state index contributed by atoms with van der Waals surface area (Å²) < 4.78 is 1.77. The smallest absolute Gasteiger partial charge is 0.252 e. The summed E-state index contributed by atoms with van der Waals surface area (Å²) >= 11 is 0. The van der Waals surface area contributed by atoms with E-state index in [2.05, 4.69) is 26.0 Å². The Morgan fingerprint density at radius 3 is 2.88 bits per heavy atom. The van der Waals surface area contributed by atoms with Crippen LogP contribution in [-0.4, -0.2) is 52.8 Å². The quantitative estimate of drug-likeness (QED) is 0.619. The van der Waals surface area contributed by atoms with Crippen LogP contribution in [0.15, 0.2) is 36.8 Å². The maximum absolute atomic E-state index is 12.1. The van der Waals surface area contributed by atoms with Gasteiger partial charge in [0, 0.05) is 49.8 Å². The molecule has 26 heavy (non-hydrogen) atoms. The van der Waals surface area contributed by atoms with E-state index in [1.807, 2.05) is 6.07 Å². The molecule has 0 spiro atoms. The van der Waals surface area contributed by atoms with E-state index in [1.165, 1.54) is 6.20 Å². The molecule has 3 heterocycles. The van der Waals surface area contributed by atoms with Gasteiger partial charge in [0.25, 0.3) is 5.91 Å². The molecular weight excluding hydrogens is 332 g/mol. The Balaban J connectivity index is 1.41. The Kier molecular flexibility index (Phi) is 6.32. The normalized spacial score (nSPS) is 16.8. The van der Waals surface area contributed by atoms with Crippen LogP contribution in [-0.2, 0) is 11.3 Å². The van der Waals surface area contributed by atoms with Gasteiger partial charge in [0.05, 0.1) is 5.56 Å². The number of pyridine rings is 1.